The highest BCUT2D eigenvalue weighted by molar-refractivity contribution is 6.31. The normalized spacial score (nSPS) is 17.6. The van der Waals surface area contributed by atoms with E-state index in [9.17, 15) is 0 Å². The summed E-state index contributed by atoms with van der Waals surface area (Å²) in [5.41, 5.74) is 1.57. The average molecular weight is 282 g/mol. The molecule has 0 amide bonds. The van der Waals surface area contributed by atoms with E-state index in [1.165, 1.54) is 32.1 Å². The van der Waals surface area contributed by atoms with Gasteiger partial charge in [0.1, 0.15) is 5.75 Å². The molecule has 106 valence electrons. The molecule has 1 aromatic rings. The van der Waals surface area contributed by atoms with Crippen molar-refractivity contribution in [3.63, 3.8) is 0 Å². The molecule has 1 aliphatic carbocycles. The molecular weight excluding hydrogens is 258 g/mol. The minimum Gasteiger partial charge on any atom is -0.496 e. The first-order valence-corrected chi connectivity index (χ1v) is 7.61. The molecule has 1 N–H and O–H groups in total. The standard InChI is InChI=1S/C16H24ClNO/c1-3-16(9-4-5-10-16)12-18-11-13-14(17)7-6-8-15(13)19-2/h6-8,18H,3-5,9-12H2,1-2H3. The molecule has 0 heterocycles. The van der Waals surface area contributed by atoms with Crippen LogP contribution in [0.3, 0.4) is 0 Å². The van der Waals surface area contributed by atoms with Crippen molar-refractivity contribution in [1.82, 2.24) is 5.32 Å². The maximum Gasteiger partial charge on any atom is 0.124 e. The van der Waals surface area contributed by atoms with Crippen LogP contribution in [0.25, 0.3) is 0 Å². The van der Waals surface area contributed by atoms with Gasteiger partial charge in [-0.25, -0.2) is 0 Å². The van der Waals surface area contributed by atoms with E-state index in [1.54, 1.807) is 7.11 Å². The third-order valence-electron chi connectivity index (χ3n) is 4.51. The molecule has 0 unspecified atom stereocenters. The van der Waals surface area contributed by atoms with Crippen molar-refractivity contribution in [1.29, 1.82) is 0 Å². The highest BCUT2D eigenvalue weighted by Gasteiger charge is 2.31. The minimum atomic E-state index is 0.508. The van der Waals surface area contributed by atoms with Crippen LogP contribution >= 0.6 is 11.6 Å². The smallest absolute Gasteiger partial charge is 0.124 e. The van der Waals surface area contributed by atoms with Gasteiger partial charge >= 0.3 is 0 Å². The van der Waals surface area contributed by atoms with Gasteiger partial charge in [0.05, 0.1) is 7.11 Å². The Morgan fingerprint density at radius 1 is 1.32 bits per heavy atom. The van der Waals surface area contributed by atoms with Crippen molar-refractivity contribution < 1.29 is 4.74 Å². The Balaban J connectivity index is 1.95. The lowest BCUT2D eigenvalue weighted by atomic mass is 9.83. The van der Waals surface area contributed by atoms with E-state index in [1.807, 2.05) is 18.2 Å². The Bertz CT molecular complexity index is 413. The maximum atomic E-state index is 6.25. The summed E-state index contributed by atoms with van der Waals surface area (Å²) in [6.45, 7) is 4.17. The molecular formula is C16H24ClNO. The molecule has 0 saturated heterocycles. The fraction of sp³-hybridized carbons (Fsp3) is 0.625. The highest BCUT2D eigenvalue weighted by atomic mass is 35.5. The van der Waals surface area contributed by atoms with Crippen molar-refractivity contribution in [2.45, 2.75) is 45.6 Å². The summed E-state index contributed by atoms with van der Waals surface area (Å²) in [5, 5.41) is 4.37. The predicted molar refractivity (Wildman–Crippen MR) is 80.9 cm³/mol. The number of rotatable bonds is 6. The average Bonchev–Trinajstić information content (AvgIpc) is 2.90. The lowest BCUT2D eigenvalue weighted by Crippen LogP contribution is -2.31. The summed E-state index contributed by atoms with van der Waals surface area (Å²) in [7, 11) is 1.69. The Kier molecular flexibility index (Phi) is 5.12. The maximum absolute atomic E-state index is 6.25. The third-order valence-corrected chi connectivity index (χ3v) is 4.87. The Labute approximate surface area is 121 Å². The lowest BCUT2D eigenvalue weighted by molar-refractivity contribution is 0.267. The molecule has 1 aromatic carbocycles. The number of methoxy groups -OCH3 is 1. The van der Waals surface area contributed by atoms with Gasteiger partial charge in [0, 0.05) is 23.7 Å². The quantitative estimate of drug-likeness (QED) is 0.834. The Morgan fingerprint density at radius 3 is 2.68 bits per heavy atom. The van der Waals surface area contributed by atoms with Gasteiger partial charge in [-0.3, -0.25) is 0 Å². The zero-order chi connectivity index (χ0) is 13.7. The monoisotopic (exact) mass is 281 g/mol. The second kappa shape index (κ2) is 6.62. The molecule has 1 fully saturated rings. The number of hydrogen-bond acceptors (Lipinski definition) is 2. The van der Waals surface area contributed by atoms with Crippen molar-refractivity contribution in [2.75, 3.05) is 13.7 Å². The number of hydrogen-bond donors (Lipinski definition) is 1. The first kappa shape index (κ1) is 14.7. The van der Waals surface area contributed by atoms with Crippen LogP contribution in [0.5, 0.6) is 5.75 Å². The van der Waals surface area contributed by atoms with Gasteiger partial charge in [-0.1, -0.05) is 37.4 Å². The summed E-state index contributed by atoms with van der Waals surface area (Å²) in [6, 6.07) is 5.81. The SMILES string of the molecule is CCC1(CNCc2c(Cl)cccc2OC)CCCC1. The minimum absolute atomic E-state index is 0.508. The van der Waals surface area contributed by atoms with Crippen LogP contribution in [0, 0.1) is 5.41 Å². The van der Waals surface area contributed by atoms with Gasteiger partial charge in [0.15, 0.2) is 0 Å². The first-order valence-electron chi connectivity index (χ1n) is 7.23. The molecule has 1 saturated carbocycles. The summed E-state index contributed by atoms with van der Waals surface area (Å²) < 4.78 is 5.38. The van der Waals surface area contributed by atoms with E-state index < -0.39 is 0 Å². The molecule has 1 aliphatic rings. The summed E-state index contributed by atoms with van der Waals surface area (Å²) in [6.07, 6.45) is 6.74. The topological polar surface area (TPSA) is 21.3 Å². The molecule has 2 rings (SSSR count). The fourth-order valence-electron chi connectivity index (χ4n) is 3.13. The van der Waals surface area contributed by atoms with Crippen LogP contribution in [0.15, 0.2) is 18.2 Å². The fourth-order valence-corrected chi connectivity index (χ4v) is 3.37. The third kappa shape index (κ3) is 3.43. The predicted octanol–water partition coefficient (Wildman–Crippen LogP) is 4.41. The molecule has 0 radical (unpaired) electrons. The molecule has 0 atom stereocenters. The number of nitrogens with one attached hydrogen (secondary N) is 1. The zero-order valence-corrected chi connectivity index (χ0v) is 12.7. The van der Waals surface area contributed by atoms with Crippen LogP contribution in [0.1, 0.15) is 44.6 Å². The second-order valence-corrected chi connectivity index (χ2v) is 5.99. The molecule has 0 spiro atoms. The van der Waals surface area contributed by atoms with E-state index in [0.717, 1.165) is 29.4 Å². The lowest BCUT2D eigenvalue weighted by Gasteiger charge is -2.28. The van der Waals surface area contributed by atoms with Crippen molar-refractivity contribution in [3.8, 4) is 5.75 Å². The largest absolute Gasteiger partial charge is 0.496 e. The number of halogens is 1. The van der Waals surface area contributed by atoms with Crippen LogP contribution in [-0.4, -0.2) is 13.7 Å². The van der Waals surface area contributed by atoms with Gasteiger partial charge in [-0.15, -0.1) is 0 Å². The summed E-state index contributed by atoms with van der Waals surface area (Å²) >= 11 is 6.25. The molecule has 0 bridgehead atoms. The molecule has 2 nitrogen and oxygen atoms in total. The number of benzene rings is 1. The number of ether oxygens (including phenoxy) is 1. The van der Waals surface area contributed by atoms with Crippen molar-refractivity contribution in [3.05, 3.63) is 28.8 Å². The summed E-state index contributed by atoms with van der Waals surface area (Å²) in [4.78, 5) is 0. The Morgan fingerprint density at radius 2 is 2.05 bits per heavy atom. The van der Waals surface area contributed by atoms with Gasteiger partial charge < -0.3 is 10.1 Å². The highest BCUT2D eigenvalue weighted by Crippen LogP contribution is 2.40. The van der Waals surface area contributed by atoms with Gasteiger partial charge in [0.2, 0.25) is 0 Å². The van der Waals surface area contributed by atoms with Crippen LogP contribution in [0.2, 0.25) is 5.02 Å². The van der Waals surface area contributed by atoms with Crippen LogP contribution in [0.4, 0.5) is 0 Å². The molecule has 0 aromatic heterocycles. The first-order chi connectivity index (χ1) is 9.21. The Hall–Kier alpha value is -0.730. The van der Waals surface area contributed by atoms with Crippen LogP contribution < -0.4 is 10.1 Å². The van der Waals surface area contributed by atoms with Crippen molar-refractivity contribution in [2.24, 2.45) is 5.41 Å². The van der Waals surface area contributed by atoms with E-state index in [-0.39, 0.29) is 0 Å². The molecule has 0 aliphatic heterocycles. The van der Waals surface area contributed by atoms with E-state index in [2.05, 4.69) is 12.2 Å². The van der Waals surface area contributed by atoms with Gasteiger partial charge in [-0.2, -0.15) is 0 Å². The van der Waals surface area contributed by atoms with Crippen molar-refractivity contribution >= 4 is 11.6 Å². The van der Waals surface area contributed by atoms with E-state index in [4.69, 9.17) is 16.3 Å². The van der Waals surface area contributed by atoms with Gasteiger partial charge in [-0.05, 0) is 36.8 Å². The van der Waals surface area contributed by atoms with E-state index >= 15 is 0 Å². The van der Waals surface area contributed by atoms with Crippen LogP contribution in [-0.2, 0) is 6.54 Å². The molecule has 3 heteroatoms. The van der Waals surface area contributed by atoms with E-state index in [0.29, 0.717) is 5.41 Å². The zero-order valence-electron chi connectivity index (χ0n) is 12.0. The second-order valence-electron chi connectivity index (χ2n) is 5.58. The molecule has 19 heavy (non-hydrogen) atoms. The summed E-state index contributed by atoms with van der Waals surface area (Å²) in [5.74, 6) is 0.872. The van der Waals surface area contributed by atoms with Gasteiger partial charge in [0.25, 0.3) is 0 Å².